The lowest BCUT2D eigenvalue weighted by atomic mass is 10.1. The lowest BCUT2D eigenvalue weighted by molar-refractivity contribution is -0.384. The SMILES string of the molecule is CN(C)C(=O)c1cccc(NC(=O)c2ccc(-n3ccnc3)c([N+](=O)[O-])c2)c1. The van der Waals surface area contributed by atoms with Gasteiger partial charge in [0.2, 0.25) is 0 Å². The molecular formula is C19H17N5O4. The maximum absolute atomic E-state index is 12.6. The third kappa shape index (κ3) is 3.88. The molecule has 3 aromatic rings. The molecule has 0 spiro atoms. The Balaban J connectivity index is 1.87. The molecule has 0 atom stereocenters. The van der Waals surface area contributed by atoms with Crippen LogP contribution in [0.3, 0.4) is 0 Å². The molecule has 28 heavy (non-hydrogen) atoms. The van der Waals surface area contributed by atoms with Crippen LogP contribution in [0.2, 0.25) is 0 Å². The predicted molar refractivity (Wildman–Crippen MR) is 103 cm³/mol. The third-order valence-corrected chi connectivity index (χ3v) is 3.99. The minimum atomic E-state index is -0.553. The van der Waals surface area contributed by atoms with Crippen LogP contribution >= 0.6 is 0 Å². The van der Waals surface area contributed by atoms with E-state index in [-0.39, 0.29) is 17.2 Å². The van der Waals surface area contributed by atoms with E-state index in [1.165, 1.54) is 40.2 Å². The van der Waals surface area contributed by atoms with Gasteiger partial charge < -0.3 is 14.8 Å². The number of nitro groups is 1. The van der Waals surface area contributed by atoms with Gasteiger partial charge >= 0.3 is 0 Å². The third-order valence-electron chi connectivity index (χ3n) is 3.99. The van der Waals surface area contributed by atoms with Crippen LogP contribution in [0.5, 0.6) is 0 Å². The normalized spacial score (nSPS) is 10.4. The Bertz CT molecular complexity index is 1040. The Morgan fingerprint density at radius 3 is 2.57 bits per heavy atom. The number of rotatable bonds is 5. The van der Waals surface area contributed by atoms with E-state index in [1.807, 2.05) is 0 Å². The van der Waals surface area contributed by atoms with Crippen molar-refractivity contribution in [3.63, 3.8) is 0 Å². The summed E-state index contributed by atoms with van der Waals surface area (Å²) in [5, 5.41) is 14.1. The van der Waals surface area contributed by atoms with Crippen LogP contribution < -0.4 is 5.32 Å². The Labute approximate surface area is 160 Å². The number of benzene rings is 2. The molecule has 0 aliphatic rings. The standard InChI is InChI=1S/C19H17N5O4/c1-22(2)19(26)14-4-3-5-15(10-14)21-18(25)13-6-7-16(17(11-13)24(27)28)23-9-8-20-12-23/h3-12H,1-2H3,(H,21,25). The number of nitrogens with one attached hydrogen (secondary N) is 1. The maximum atomic E-state index is 12.6. The van der Waals surface area contributed by atoms with E-state index >= 15 is 0 Å². The molecule has 0 saturated carbocycles. The summed E-state index contributed by atoms with van der Waals surface area (Å²) in [6.07, 6.45) is 4.52. The Kier molecular flexibility index (Phi) is 5.16. The van der Waals surface area contributed by atoms with Crippen LogP contribution in [-0.2, 0) is 0 Å². The van der Waals surface area contributed by atoms with Gasteiger partial charge in [0, 0.05) is 49.4 Å². The average Bonchev–Trinajstić information content (AvgIpc) is 3.21. The zero-order chi connectivity index (χ0) is 20.3. The molecule has 2 aromatic carbocycles. The van der Waals surface area contributed by atoms with Gasteiger partial charge in [-0.15, -0.1) is 0 Å². The van der Waals surface area contributed by atoms with E-state index in [1.54, 1.807) is 44.6 Å². The number of carbonyl (C=O) groups excluding carboxylic acids is 2. The van der Waals surface area contributed by atoms with Crippen molar-refractivity contribution >= 4 is 23.2 Å². The summed E-state index contributed by atoms with van der Waals surface area (Å²) in [4.78, 5) is 40.8. The molecule has 9 nitrogen and oxygen atoms in total. The summed E-state index contributed by atoms with van der Waals surface area (Å²) in [5.41, 5.74) is 1.04. The Hall–Kier alpha value is -4.01. The molecule has 0 bridgehead atoms. The molecule has 1 aromatic heterocycles. The van der Waals surface area contributed by atoms with Gasteiger partial charge in [0.15, 0.2) is 0 Å². The van der Waals surface area contributed by atoms with Gasteiger partial charge in [0.05, 0.1) is 11.3 Å². The molecule has 3 rings (SSSR count). The smallest absolute Gasteiger partial charge is 0.294 e. The van der Waals surface area contributed by atoms with Gasteiger partial charge in [0.1, 0.15) is 5.69 Å². The Morgan fingerprint density at radius 1 is 1.14 bits per heavy atom. The van der Waals surface area contributed by atoms with Gasteiger partial charge in [-0.3, -0.25) is 19.7 Å². The maximum Gasteiger partial charge on any atom is 0.294 e. The van der Waals surface area contributed by atoms with E-state index in [0.717, 1.165) is 0 Å². The zero-order valence-corrected chi connectivity index (χ0v) is 15.2. The van der Waals surface area contributed by atoms with Crippen molar-refractivity contribution in [2.45, 2.75) is 0 Å². The summed E-state index contributed by atoms with van der Waals surface area (Å²) in [6.45, 7) is 0. The van der Waals surface area contributed by atoms with Crippen LogP contribution in [-0.4, -0.2) is 45.3 Å². The molecule has 0 radical (unpaired) electrons. The van der Waals surface area contributed by atoms with Gasteiger partial charge in [-0.25, -0.2) is 4.98 Å². The molecule has 2 amide bonds. The Morgan fingerprint density at radius 2 is 1.93 bits per heavy atom. The van der Waals surface area contributed by atoms with Crippen LogP contribution in [0, 0.1) is 10.1 Å². The first-order valence-corrected chi connectivity index (χ1v) is 8.26. The number of hydrogen-bond donors (Lipinski definition) is 1. The number of nitro benzene ring substituents is 1. The van der Waals surface area contributed by atoms with Crippen LogP contribution in [0.4, 0.5) is 11.4 Å². The first kappa shape index (κ1) is 18.8. The number of imidazole rings is 1. The molecule has 0 unspecified atom stereocenters. The summed E-state index contributed by atoms with van der Waals surface area (Å²) in [5.74, 6) is -0.717. The highest BCUT2D eigenvalue weighted by Gasteiger charge is 2.19. The number of hydrogen-bond acceptors (Lipinski definition) is 5. The summed E-state index contributed by atoms with van der Waals surface area (Å²) < 4.78 is 1.50. The highest BCUT2D eigenvalue weighted by Crippen LogP contribution is 2.25. The number of nitrogens with zero attached hydrogens (tertiary/aromatic N) is 4. The predicted octanol–water partition coefficient (Wildman–Crippen LogP) is 2.73. The van der Waals surface area contributed by atoms with Crippen LogP contribution in [0.25, 0.3) is 5.69 Å². The van der Waals surface area contributed by atoms with E-state index in [0.29, 0.717) is 16.9 Å². The van der Waals surface area contributed by atoms with E-state index in [4.69, 9.17) is 0 Å². The summed E-state index contributed by atoms with van der Waals surface area (Å²) >= 11 is 0. The fourth-order valence-electron chi connectivity index (χ4n) is 2.62. The number of aromatic nitrogens is 2. The molecule has 0 aliphatic carbocycles. The van der Waals surface area contributed by atoms with Crippen molar-refractivity contribution in [3.05, 3.63) is 82.4 Å². The molecule has 142 valence electrons. The second kappa shape index (κ2) is 7.70. The highest BCUT2D eigenvalue weighted by molar-refractivity contribution is 6.05. The molecule has 1 heterocycles. The fourth-order valence-corrected chi connectivity index (χ4v) is 2.62. The quantitative estimate of drug-likeness (QED) is 0.541. The molecule has 0 saturated heterocycles. The van der Waals surface area contributed by atoms with E-state index < -0.39 is 10.8 Å². The lowest BCUT2D eigenvalue weighted by Crippen LogP contribution is -2.22. The van der Waals surface area contributed by atoms with Gasteiger partial charge in [-0.2, -0.15) is 0 Å². The lowest BCUT2D eigenvalue weighted by Gasteiger charge is -2.12. The van der Waals surface area contributed by atoms with Crippen LogP contribution in [0.1, 0.15) is 20.7 Å². The number of amides is 2. The minimum absolute atomic E-state index is 0.125. The van der Waals surface area contributed by atoms with Gasteiger partial charge in [-0.1, -0.05) is 6.07 Å². The average molecular weight is 379 g/mol. The minimum Gasteiger partial charge on any atom is -0.345 e. The summed E-state index contributed by atoms with van der Waals surface area (Å²) in [7, 11) is 3.27. The second-order valence-corrected chi connectivity index (χ2v) is 6.17. The van der Waals surface area contributed by atoms with E-state index in [2.05, 4.69) is 10.3 Å². The summed E-state index contributed by atoms with van der Waals surface area (Å²) in [6, 6.07) is 10.7. The first-order chi connectivity index (χ1) is 13.4. The van der Waals surface area contributed by atoms with Crippen molar-refractivity contribution < 1.29 is 14.5 Å². The van der Waals surface area contributed by atoms with Crippen LogP contribution in [0.15, 0.2) is 61.2 Å². The van der Waals surface area contributed by atoms with Gasteiger partial charge in [0.25, 0.3) is 17.5 Å². The van der Waals surface area contributed by atoms with Crippen molar-refractivity contribution in [1.29, 1.82) is 0 Å². The van der Waals surface area contributed by atoms with Crippen molar-refractivity contribution in [2.24, 2.45) is 0 Å². The molecule has 0 aliphatic heterocycles. The zero-order valence-electron chi connectivity index (χ0n) is 15.2. The molecule has 9 heteroatoms. The van der Waals surface area contributed by atoms with E-state index in [9.17, 15) is 19.7 Å². The van der Waals surface area contributed by atoms with Gasteiger partial charge in [-0.05, 0) is 30.3 Å². The highest BCUT2D eigenvalue weighted by atomic mass is 16.6. The number of anilines is 1. The van der Waals surface area contributed by atoms with Crippen molar-refractivity contribution in [2.75, 3.05) is 19.4 Å². The van der Waals surface area contributed by atoms with Crippen molar-refractivity contribution in [1.82, 2.24) is 14.5 Å². The molecule has 1 N–H and O–H groups in total. The number of carbonyl (C=O) groups is 2. The first-order valence-electron chi connectivity index (χ1n) is 8.26. The largest absolute Gasteiger partial charge is 0.345 e. The topological polar surface area (TPSA) is 110 Å². The fraction of sp³-hybridized carbons (Fsp3) is 0.105. The molecule has 0 fully saturated rings. The second-order valence-electron chi connectivity index (χ2n) is 6.17. The molecular weight excluding hydrogens is 362 g/mol. The monoisotopic (exact) mass is 379 g/mol. The van der Waals surface area contributed by atoms with Crippen molar-refractivity contribution in [3.8, 4) is 5.69 Å².